The van der Waals surface area contributed by atoms with E-state index >= 15 is 0 Å². The molecule has 20 heavy (non-hydrogen) atoms. The first kappa shape index (κ1) is 13.5. The number of carbonyl (C=O) groups is 1. The molecule has 0 aliphatic carbocycles. The number of pyridine rings is 1. The molecule has 0 aliphatic rings. The van der Waals surface area contributed by atoms with Crippen LogP contribution in [-0.2, 0) is 11.2 Å². The Bertz CT molecular complexity index is 657. The summed E-state index contributed by atoms with van der Waals surface area (Å²) in [5.41, 5.74) is 0.294. The van der Waals surface area contributed by atoms with Crippen molar-refractivity contribution in [3.8, 4) is 11.5 Å². The molecule has 0 amide bonds. The fraction of sp³-hybridized carbons (Fsp3) is 0.0769. The predicted octanol–water partition coefficient (Wildman–Crippen LogP) is 2.41. The summed E-state index contributed by atoms with van der Waals surface area (Å²) in [5, 5.41) is 19.6. The van der Waals surface area contributed by atoms with Gasteiger partial charge in [0.15, 0.2) is 0 Å². The molecule has 0 aliphatic heterocycles. The molecule has 0 fully saturated rings. The molecule has 102 valence electrons. The number of carboxylic acids is 1. The lowest BCUT2D eigenvalue weighted by Gasteiger charge is -2.07. The molecule has 2 rings (SSSR count). The van der Waals surface area contributed by atoms with Crippen LogP contribution in [0.15, 0.2) is 42.7 Å². The van der Waals surface area contributed by atoms with Gasteiger partial charge in [0.1, 0.15) is 11.9 Å². The summed E-state index contributed by atoms with van der Waals surface area (Å²) in [6.45, 7) is 0. The number of aromatic nitrogens is 1. The van der Waals surface area contributed by atoms with Gasteiger partial charge < -0.3 is 9.84 Å². The van der Waals surface area contributed by atoms with Gasteiger partial charge in [0.25, 0.3) is 0 Å². The van der Waals surface area contributed by atoms with Gasteiger partial charge in [-0.25, -0.2) is 0 Å². The van der Waals surface area contributed by atoms with E-state index in [1.807, 2.05) is 0 Å². The maximum absolute atomic E-state index is 10.8. The third-order valence-electron chi connectivity index (χ3n) is 2.44. The fourth-order valence-electron chi connectivity index (χ4n) is 1.62. The lowest BCUT2D eigenvalue weighted by atomic mass is 10.1. The Kier molecular flexibility index (Phi) is 3.90. The van der Waals surface area contributed by atoms with Crippen LogP contribution in [0.3, 0.4) is 0 Å². The van der Waals surface area contributed by atoms with E-state index in [2.05, 4.69) is 4.98 Å². The van der Waals surface area contributed by atoms with Crippen LogP contribution in [0.2, 0.25) is 0 Å². The number of rotatable bonds is 5. The van der Waals surface area contributed by atoms with Gasteiger partial charge in [0.05, 0.1) is 11.3 Å². The number of hydrogen-bond donors (Lipinski definition) is 1. The van der Waals surface area contributed by atoms with Gasteiger partial charge >= 0.3 is 11.7 Å². The van der Waals surface area contributed by atoms with Crippen LogP contribution >= 0.6 is 0 Å². The van der Waals surface area contributed by atoms with Crippen LogP contribution in [0.25, 0.3) is 0 Å². The van der Waals surface area contributed by atoms with Crippen LogP contribution in [0.4, 0.5) is 5.69 Å². The molecule has 0 saturated carbocycles. The highest BCUT2D eigenvalue weighted by atomic mass is 16.6. The SMILES string of the molecule is O=C(O)Cc1cccc(Oc2ccncc2[N+](=O)[O-])c1. The van der Waals surface area contributed by atoms with E-state index in [0.717, 1.165) is 6.20 Å². The Balaban J connectivity index is 2.26. The zero-order valence-corrected chi connectivity index (χ0v) is 10.2. The average Bonchev–Trinajstić information content (AvgIpc) is 2.38. The highest BCUT2D eigenvalue weighted by molar-refractivity contribution is 5.70. The van der Waals surface area contributed by atoms with Crippen LogP contribution < -0.4 is 4.74 Å². The second kappa shape index (κ2) is 5.79. The van der Waals surface area contributed by atoms with Crippen molar-refractivity contribution in [2.45, 2.75) is 6.42 Å². The monoisotopic (exact) mass is 274 g/mol. The summed E-state index contributed by atoms with van der Waals surface area (Å²) < 4.78 is 5.42. The van der Waals surface area contributed by atoms with Gasteiger partial charge in [-0.1, -0.05) is 12.1 Å². The van der Waals surface area contributed by atoms with Gasteiger partial charge in [-0.05, 0) is 17.7 Å². The molecule has 1 aromatic heterocycles. The molecule has 7 nitrogen and oxygen atoms in total. The number of carboxylic acid groups (broad SMARTS) is 1. The largest absolute Gasteiger partial charge is 0.481 e. The minimum absolute atomic E-state index is 0.0532. The Morgan fingerprint density at radius 2 is 2.20 bits per heavy atom. The predicted molar refractivity (Wildman–Crippen MR) is 68.7 cm³/mol. The summed E-state index contributed by atoms with van der Waals surface area (Å²) in [4.78, 5) is 24.5. The van der Waals surface area contributed by atoms with Crippen molar-refractivity contribution < 1.29 is 19.6 Å². The van der Waals surface area contributed by atoms with Gasteiger partial charge in [-0.3, -0.25) is 19.9 Å². The second-order valence-electron chi connectivity index (χ2n) is 3.92. The first-order valence-electron chi connectivity index (χ1n) is 5.63. The van der Waals surface area contributed by atoms with Crippen molar-refractivity contribution in [3.05, 3.63) is 58.4 Å². The van der Waals surface area contributed by atoms with E-state index in [0.29, 0.717) is 11.3 Å². The quantitative estimate of drug-likeness (QED) is 0.663. The molecule has 0 spiro atoms. The van der Waals surface area contributed by atoms with E-state index in [4.69, 9.17) is 9.84 Å². The molecule has 2 aromatic rings. The van der Waals surface area contributed by atoms with E-state index in [1.54, 1.807) is 18.2 Å². The Hall–Kier alpha value is -2.96. The third kappa shape index (κ3) is 3.29. The molecule has 0 radical (unpaired) electrons. The molecule has 1 heterocycles. The number of nitro groups is 1. The minimum atomic E-state index is -0.961. The maximum atomic E-state index is 10.8. The Morgan fingerprint density at radius 1 is 1.40 bits per heavy atom. The summed E-state index contributed by atoms with van der Waals surface area (Å²) in [6.07, 6.45) is 2.33. The van der Waals surface area contributed by atoms with Crippen molar-refractivity contribution in [3.63, 3.8) is 0 Å². The van der Waals surface area contributed by atoms with Crippen molar-refractivity contribution in [2.75, 3.05) is 0 Å². The lowest BCUT2D eigenvalue weighted by molar-refractivity contribution is -0.386. The topological polar surface area (TPSA) is 103 Å². The van der Waals surface area contributed by atoms with E-state index in [9.17, 15) is 14.9 Å². The molecule has 1 aromatic carbocycles. The first-order chi connectivity index (χ1) is 9.56. The number of nitrogens with zero attached hydrogens (tertiary/aromatic N) is 2. The molecule has 0 atom stereocenters. The Morgan fingerprint density at radius 3 is 2.90 bits per heavy atom. The summed E-state index contributed by atoms with van der Waals surface area (Å²) in [7, 11) is 0. The van der Waals surface area contributed by atoms with E-state index < -0.39 is 10.9 Å². The van der Waals surface area contributed by atoms with Gasteiger partial charge in [0, 0.05) is 12.3 Å². The van der Waals surface area contributed by atoms with Crippen LogP contribution in [0, 0.1) is 10.1 Å². The van der Waals surface area contributed by atoms with Gasteiger partial charge in [-0.15, -0.1) is 0 Å². The molecule has 0 bridgehead atoms. The lowest BCUT2D eigenvalue weighted by Crippen LogP contribution is -2.00. The molecular weight excluding hydrogens is 264 g/mol. The van der Waals surface area contributed by atoms with Crippen molar-refractivity contribution >= 4 is 11.7 Å². The minimum Gasteiger partial charge on any atom is -0.481 e. The summed E-state index contributed by atoms with van der Waals surface area (Å²) in [6, 6.07) is 7.76. The molecular formula is C13H10N2O5. The average molecular weight is 274 g/mol. The molecule has 0 unspecified atom stereocenters. The van der Waals surface area contributed by atoms with Crippen LogP contribution in [-0.4, -0.2) is 21.0 Å². The van der Waals surface area contributed by atoms with Gasteiger partial charge in [-0.2, -0.15) is 0 Å². The zero-order chi connectivity index (χ0) is 14.5. The van der Waals surface area contributed by atoms with Crippen LogP contribution in [0.5, 0.6) is 11.5 Å². The highest BCUT2D eigenvalue weighted by Gasteiger charge is 2.15. The van der Waals surface area contributed by atoms with Gasteiger partial charge in [0.2, 0.25) is 5.75 Å². The number of hydrogen-bond acceptors (Lipinski definition) is 5. The summed E-state index contributed by atoms with van der Waals surface area (Å²) >= 11 is 0. The zero-order valence-electron chi connectivity index (χ0n) is 10.2. The third-order valence-corrected chi connectivity index (χ3v) is 2.44. The number of benzene rings is 1. The maximum Gasteiger partial charge on any atom is 0.329 e. The normalized spacial score (nSPS) is 10.0. The summed E-state index contributed by atoms with van der Waals surface area (Å²) in [5.74, 6) is -0.576. The first-order valence-corrected chi connectivity index (χ1v) is 5.63. The molecule has 0 saturated heterocycles. The van der Waals surface area contributed by atoms with E-state index in [-0.39, 0.29) is 17.9 Å². The molecule has 7 heteroatoms. The fourth-order valence-corrected chi connectivity index (χ4v) is 1.62. The highest BCUT2D eigenvalue weighted by Crippen LogP contribution is 2.30. The standard InChI is InChI=1S/C13H10N2O5/c16-13(17)7-9-2-1-3-10(6-9)20-12-4-5-14-8-11(12)15(18)19/h1-6,8H,7H2,(H,16,17). The van der Waals surface area contributed by atoms with Crippen LogP contribution in [0.1, 0.15) is 5.56 Å². The number of ether oxygens (including phenoxy) is 1. The second-order valence-corrected chi connectivity index (χ2v) is 3.92. The smallest absolute Gasteiger partial charge is 0.329 e. The van der Waals surface area contributed by atoms with E-state index in [1.165, 1.54) is 18.3 Å². The Labute approximate surface area is 113 Å². The van der Waals surface area contributed by atoms with Crippen molar-refractivity contribution in [2.24, 2.45) is 0 Å². The number of aliphatic carboxylic acids is 1. The van der Waals surface area contributed by atoms with Crippen molar-refractivity contribution in [1.29, 1.82) is 0 Å². The molecule has 1 N–H and O–H groups in total. The van der Waals surface area contributed by atoms with Crippen molar-refractivity contribution in [1.82, 2.24) is 4.98 Å².